The third-order valence-corrected chi connectivity index (χ3v) is 3.83. The Morgan fingerprint density at radius 2 is 2.11 bits per heavy atom. The van der Waals surface area contributed by atoms with Crippen molar-refractivity contribution in [1.82, 2.24) is 15.0 Å². The molecule has 0 amide bonds. The molecule has 1 fully saturated rings. The molecule has 0 unspecified atom stereocenters. The van der Waals surface area contributed by atoms with Crippen LogP contribution >= 0.6 is 0 Å². The van der Waals surface area contributed by atoms with Crippen molar-refractivity contribution in [1.29, 1.82) is 0 Å². The summed E-state index contributed by atoms with van der Waals surface area (Å²) in [6.45, 7) is 5.59. The summed E-state index contributed by atoms with van der Waals surface area (Å²) >= 11 is 0. The van der Waals surface area contributed by atoms with Gasteiger partial charge in [0.25, 0.3) is 0 Å². The lowest BCUT2D eigenvalue weighted by Crippen LogP contribution is -2.31. The van der Waals surface area contributed by atoms with Crippen molar-refractivity contribution in [3.8, 4) is 0 Å². The van der Waals surface area contributed by atoms with Crippen LogP contribution in [0.5, 0.6) is 0 Å². The number of aromatic nitrogens is 2. The van der Waals surface area contributed by atoms with Gasteiger partial charge in [0.1, 0.15) is 0 Å². The molecular formula is C14H26N4O. The van der Waals surface area contributed by atoms with Crippen molar-refractivity contribution < 1.29 is 4.52 Å². The maximum Gasteiger partial charge on any atom is 0.240 e. The average molecular weight is 266 g/mol. The monoisotopic (exact) mass is 266 g/mol. The zero-order chi connectivity index (χ0) is 13.5. The van der Waals surface area contributed by atoms with Gasteiger partial charge in [0.05, 0.1) is 13.1 Å². The van der Waals surface area contributed by atoms with Crippen molar-refractivity contribution in [2.24, 2.45) is 11.7 Å². The van der Waals surface area contributed by atoms with E-state index in [-0.39, 0.29) is 0 Å². The Hall–Kier alpha value is -0.940. The summed E-state index contributed by atoms with van der Waals surface area (Å²) < 4.78 is 5.07. The zero-order valence-corrected chi connectivity index (χ0v) is 12.0. The maximum atomic E-state index is 5.49. The van der Waals surface area contributed by atoms with Gasteiger partial charge in [-0.05, 0) is 31.7 Å². The van der Waals surface area contributed by atoms with Crippen LogP contribution in [-0.4, -0.2) is 28.1 Å². The van der Waals surface area contributed by atoms with Gasteiger partial charge >= 0.3 is 0 Å². The minimum absolute atomic E-state index is 0.323. The van der Waals surface area contributed by atoms with Crippen LogP contribution in [-0.2, 0) is 13.1 Å². The summed E-state index contributed by atoms with van der Waals surface area (Å²) in [5.74, 6) is 2.15. The Balaban J connectivity index is 1.87. The highest BCUT2D eigenvalue weighted by molar-refractivity contribution is 4.86. The summed E-state index contributed by atoms with van der Waals surface area (Å²) in [7, 11) is 0. The number of nitrogens with two attached hydrogens (primary N) is 1. The van der Waals surface area contributed by atoms with E-state index in [9.17, 15) is 0 Å². The first-order chi connectivity index (χ1) is 9.31. The molecule has 5 nitrogen and oxygen atoms in total. The number of hydrogen-bond donors (Lipinski definition) is 1. The van der Waals surface area contributed by atoms with Crippen molar-refractivity contribution in [2.45, 2.75) is 58.5 Å². The van der Waals surface area contributed by atoms with Crippen LogP contribution in [0, 0.1) is 5.92 Å². The highest BCUT2D eigenvalue weighted by Crippen LogP contribution is 2.24. The second-order valence-electron chi connectivity index (χ2n) is 5.55. The van der Waals surface area contributed by atoms with Gasteiger partial charge in [0.15, 0.2) is 5.82 Å². The largest absolute Gasteiger partial charge is 0.338 e. The standard InChI is InChI=1S/C14H26N4O/c1-2-8-18(10-12-6-4-3-5-7-12)11-13-16-14(9-15)19-17-13/h12H,2-11,15H2,1H3. The van der Waals surface area contributed by atoms with Gasteiger partial charge in [-0.25, -0.2) is 0 Å². The van der Waals surface area contributed by atoms with Gasteiger partial charge in [-0.3, -0.25) is 4.90 Å². The topological polar surface area (TPSA) is 68.2 Å². The summed E-state index contributed by atoms with van der Waals surface area (Å²) in [6.07, 6.45) is 8.11. The lowest BCUT2D eigenvalue weighted by molar-refractivity contribution is 0.188. The van der Waals surface area contributed by atoms with Gasteiger partial charge in [0.2, 0.25) is 5.89 Å². The average Bonchev–Trinajstić information content (AvgIpc) is 2.88. The molecule has 5 heteroatoms. The summed E-state index contributed by atoms with van der Waals surface area (Å²) in [4.78, 5) is 6.76. The van der Waals surface area contributed by atoms with E-state index in [2.05, 4.69) is 22.0 Å². The van der Waals surface area contributed by atoms with Gasteiger partial charge < -0.3 is 10.3 Å². The smallest absolute Gasteiger partial charge is 0.240 e. The Morgan fingerprint density at radius 1 is 1.32 bits per heavy atom. The lowest BCUT2D eigenvalue weighted by atomic mass is 9.89. The zero-order valence-electron chi connectivity index (χ0n) is 12.0. The van der Waals surface area contributed by atoms with E-state index >= 15 is 0 Å². The molecule has 0 bridgehead atoms. The fourth-order valence-electron chi connectivity index (χ4n) is 2.92. The van der Waals surface area contributed by atoms with Crippen molar-refractivity contribution in [3.63, 3.8) is 0 Å². The molecule has 1 saturated carbocycles. The van der Waals surface area contributed by atoms with Crippen LogP contribution in [0.25, 0.3) is 0 Å². The molecule has 2 N–H and O–H groups in total. The molecule has 108 valence electrons. The van der Waals surface area contributed by atoms with Crippen molar-refractivity contribution in [2.75, 3.05) is 13.1 Å². The minimum atomic E-state index is 0.323. The molecule has 0 radical (unpaired) electrons. The van der Waals surface area contributed by atoms with E-state index < -0.39 is 0 Å². The van der Waals surface area contributed by atoms with Crippen molar-refractivity contribution >= 4 is 0 Å². The van der Waals surface area contributed by atoms with Gasteiger partial charge in [0, 0.05) is 6.54 Å². The molecular weight excluding hydrogens is 240 g/mol. The van der Waals surface area contributed by atoms with E-state index in [0.29, 0.717) is 12.4 Å². The molecule has 0 aromatic carbocycles. The van der Waals surface area contributed by atoms with E-state index in [1.807, 2.05) is 0 Å². The first kappa shape index (κ1) is 14.5. The first-order valence-corrected chi connectivity index (χ1v) is 7.55. The molecule has 1 aliphatic rings. The first-order valence-electron chi connectivity index (χ1n) is 7.55. The highest BCUT2D eigenvalue weighted by atomic mass is 16.5. The van der Waals surface area contributed by atoms with Gasteiger partial charge in [-0.15, -0.1) is 0 Å². The number of hydrogen-bond acceptors (Lipinski definition) is 5. The van der Waals surface area contributed by atoms with Crippen LogP contribution in [0.4, 0.5) is 0 Å². The predicted molar refractivity (Wildman–Crippen MR) is 74.3 cm³/mol. The van der Waals surface area contributed by atoms with Crippen LogP contribution in [0.3, 0.4) is 0 Å². The molecule has 0 spiro atoms. The second kappa shape index (κ2) is 7.60. The third kappa shape index (κ3) is 4.58. The Kier molecular flexibility index (Phi) is 5.79. The molecule has 19 heavy (non-hydrogen) atoms. The summed E-state index contributed by atoms with van der Waals surface area (Å²) in [5.41, 5.74) is 5.49. The third-order valence-electron chi connectivity index (χ3n) is 3.83. The Morgan fingerprint density at radius 3 is 2.74 bits per heavy atom. The predicted octanol–water partition coefficient (Wildman–Crippen LogP) is 2.32. The SMILES string of the molecule is CCCN(Cc1noc(CN)n1)CC1CCCCC1. The second-order valence-corrected chi connectivity index (χ2v) is 5.55. The fraction of sp³-hybridized carbons (Fsp3) is 0.857. The molecule has 1 aliphatic carbocycles. The van der Waals surface area contributed by atoms with E-state index in [1.165, 1.54) is 38.6 Å². The van der Waals surface area contributed by atoms with Crippen LogP contribution < -0.4 is 5.73 Å². The quantitative estimate of drug-likeness (QED) is 0.820. The van der Waals surface area contributed by atoms with E-state index in [1.54, 1.807) is 0 Å². The van der Waals surface area contributed by atoms with E-state index in [4.69, 9.17) is 10.3 Å². The molecule has 0 atom stereocenters. The molecule has 1 aromatic rings. The fourth-order valence-corrected chi connectivity index (χ4v) is 2.92. The van der Waals surface area contributed by atoms with Crippen molar-refractivity contribution in [3.05, 3.63) is 11.7 Å². The minimum Gasteiger partial charge on any atom is -0.338 e. The Labute approximate surface area is 115 Å². The molecule has 0 aliphatic heterocycles. The number of rotatable bonds is 7. The lowest BCUT2D eigenvalue weighted by Gasteiger charge is -2.28. The summed E-state index contributed by atoms with van der Waals surface area (Å²) in [6, 6.07) is 0. The highest BCUT2D eigenvalue weighted by Gasteiger charge is 2.18. The van der Waals surface area contributed by atoms with Crippen LogP contribution in [0.2, 0.25) is 0 Å². The number of nitrogens with zero attached hydrogens (tertiary/aromatic N) is 3. The van der Waals surface area contributed by atoms with Gasteiger partial charge in [-0.2, -0.15) is 4.98 Å². The summed E-state index contributed by atoms with van der Waals surface area (Å²) in [5, 5.41) is 3.99. The van der Waals surface area contributed by atoms with E-state index in [0.717, 1.165) is 31.3 Å². The molecule has 1 aromatic heterocycles. The van der Waals surface area contributed by atoms with Crippen LogP contribution in [0.1, 0.15) is 57.2 Å². The van der Waals surface area contributed by atoms with Crippen LogP contribution in [0.15, 0.2) is 4.52 Å². The molecule has 0 saturated heterocycles. The molecule has 2 rings (SSSR count). The molecule has 1 heterocycles. The normalized spacial score (nSPS) is 17.2. The Bertz CT molecular complexity index is 360. The van der Waals surface area contributed by atoms with Gasteiger partial charge in [-0.1, -0.05) is 31.3 Å². The maximum absolute atomic E-state index is 5.49.